The predicted molar refractivity (Wildman–Crippen MR) is 58.5 cm³/mol. The number of nitrogen functional groups attached to an aromatic ring is 1. The lowest BCUT2D eigenvalue weighted by molar-refractivity contribution is 0.0391. The highest BCUT2D eigenvalue weighted by Gasteiger charge is 2.35. The summed E-state index contributed by atoms with van der Waals surface area (Å²) in [6, 6.07) is 0. The van der Waals surface area contributed by atoms with Crippen LogP contribution >= 0.6 is 0 Å². The standard InChI is InChI=1S/C11H15F2N3O/c1-2-17-9(6-3-4-6)11-15-5-7(14)8(16-11)10(12)13/h5-6,9-10H,2-4,14H2,1H3. The summed E-state index contributed by atoms with van der Waals surface area (Å²) in [7, 11) is 0. The number of alkyl halides is 2. The molecular weight excluding hydrogens is 228 g/mol. The van der Waals surface area contributed by atoms with E-state index >= 15 is 0 Å². The van der Waals surface area contributed by atoms with E-state index < -0.39 is 12.1 Å². The molecule has 0 bridgehead atoms. The fourth-order valence-electron chi connectivity index (χ4n) is 1.73. The number of ether oxygens (including phenoxy) is 1. The highest BCUT2D eigenvalue weighted by molar-refractivity contribution is 5.41. The van der Waals surface area contributed by atoms with E-state index in [2.05, 4.69) is 9.97 Å². The van der Waals surface area contributed by atoms with Crippen LogP contribution in [0.4, 0.5) is 14.5 Å². The molecule has 1 fully saturated rings. The molecule has 94 valence electrons. The summed E-state index contributed by atoms with van der Waals surface area (Å²) < 4.78 is 30.8. The van der Waals surface area contributed by atoms with Gasteiger partial charge in [0.1, 0.15) is 11.8 Å². The lowest BCUT2D eigenvalue weighted by Crippen LogP contribution is -2.13. The Hall–Kier alpha value is -1.30. The van der Waals surface area contributed by atoms with Crippen molar-refractivity contribution in [3.8, 4) is 0 Å². The van der Waals surface area contributed by atoms with Gasteiger partial charge >= 0.3 is 0 Å². The van der Waals surface area contributed by atoms with Crippen molar-refractivity contribution < 1.29 is 13.5 Å². The van der Waals surface area contributed by atoms with E-state index in [1.165, 1.54) is 6.20 Å². The Kier molecular flexibility index (Phi) is 3.51. The number of rotatable bonds is 5. The molecule has 1 atom stereocenters. The third-order valence-corrected chi connectivity index (χ3v) is 2.72. The van der Waals surface area contributed by atoms with E-state index in [9.17, 15) is 8.78 Å². The molecule has 2 rings (SSSR count). The van der Waals surface area contributed by atoms with Crippen molar-refractivity contribution in [3.05, 3.63) is 17.7 Å². The second-order valence-corrected chi connectivity index (χ2v) is 4.08. The largest absolute Gasteiger partial charge is 0.396 e. The predicted octanol–water partition coefficient (Wildman–Crippen LogP) is 2.48. The first-order valence-electron chi connectivity index (χ1n) is 5.65. The summed E-state index contributed by atoms with van der Waals surface area (Å²) in [5, 5.41) is 0. The molecule has 1 aromatic rings. The Morgan fingerprint density at radius 3 is 2.76 bits per heavy atom. The summed E-state index contributed by atoms with van der Waals surface area (Å²) in [4.78, 5) is 7.85. The Labute approximate surface area is 98.2 Å². The van der Waals surface area contributed by atoms with Crippen molar-refractivity contribution in [2.45, 2.75) is 32.3 Å². The van der Waals surface area contributed by atoms with Gasteiger partial charge in [-0.15, -0.1) is 0 Å². The van der Waals surface area contributed by atoms with E-state index in [-0.39, 0.29) is 11.8 Å². The average Bonchev–Trinajstić information content (AvgIpc) is 3.10. The van der Waals surface area contributed by atoms with Gasteiger partial charge in [-0.05, 0) is 25.7 Å². The first-order chi connectivity index (χ1) is 8.13. The molecule has 4 nitrogen and oxygen atoms in total. The molecule has 6 heteroatoms. The molecule has 1 aliphatic carbocycles. The van der Waals surface area contributed by atoms with Crippen molar-refractivity contribution in [2.24, 2.45) is 5.92 Å². The summed E-state index contributed by atoms with van der Waals surface area (Å²) in [6.07, 6.45) is 0.333. The molecule has 0 saturated heterocycles. The van der Waals surface area contributed by atoms with E-state index in [0.29, 0.717) is 18.3 Å². The minimum Gasteiger partial charge on any atom is -0.396 e. The van der Waals surface area contributed by atoms with Crippen molar-refractivity contribution in [1.29, 1.82) is 0 Å². The maximum Gasteiger partial charge on any atom is 0.282 e. The molecule has 1 aromatic heterocycles. The maximum atomic E-state index is 12.7. The normalized spacial score (nSPS) is 17.4. The fraction of sp³-hybridized carbons (Fsp3) is 0.636. The molecule has 0 spiro atoms. The van der Waals surface area contributed by atoms with Gasteiger partial charge in [0.05, 0.1) is 11.9 Å². The van der Waals surface area contributed by atoms with Gasteiger partial charge in [-0.1, -0.05) is 0 Å². The number of halogens is 2. The van der Waals surface area contributed by atoms with Gasteiger partial charge in [-0.25, -0.2) is 18.7 Å². The van der Waals surface area contributed by atoms with Gasteiger partial charge in [0.15, 0.2) is 5.82 Å². The van der Waals surface area contributed by atoms with Gasteiger partial charge in [0.2, 0.25) is 0 Å². The molecule has 1 saturated carbocycles. The summed E-state index contributed by atoms with van der Waals surface area (Å²) in [5.74, 6) is 0.669. The zero-order valence-electron chi connectivity index (χ0n) is 9.57. The second-order valence-electron chi connectivity index (χ2n) is 4.08. The number of nitrogens with two attached hydrogens (primary N) is 1. The fourth-order valence-corrected chi connectivity index (χ4v) is 1.73. The van der Waals surface area contributed by atoms with Crippen molar-refractivity contribution in [1.82, 2.24) is 9.97 Å². The first kappa shape index (κ1) is 12.2. The van der Waals surface area contributed by atoms with Gasteiger partial charge < -0.3 is 10.5 Å². The van der Waals surface area contributed by atoms with Crippen LogP contribution < -0.4 is 5.73 Å². The smallest absolute Gasteiger partial charge is 0.282 e. The van der Waals surface area contributed by atoms with Crippen LogP contribution in [0.3, 0.4) is 0 Å². The SMILES string of the molecule is CCOC(c1ncc(N)c(C(F)F)n1)C1CC1. The molecule has 1 aliphatic rings. The highest BCUT2D eigenvalue weighted by Crippen LogP contribution is 2.42. The second kappa shape index (κ2) is 4.91. The highest BCUT2D eigenvalue weighted by atomic mass is 19.3. The molecule has 0 aliphatic heterocycles. The Balaban J connectivity index is 2.27. The van der Waals surface area contributed by atoms with E-state index in [4.69, 9.17) is 10.5 Å². The van der Waals surface area contributed by atoms with Crippen LogP contribution in [0.2, 0.25) is 0 Å². The molecule has 2 N–H and O–H groups in total. The Morgan fingerprint density at radius 1 is 1.53 bits per heavy atom. The number of hydrogen-bond donors (Lipinski definition) is 1. The quantitative estimate of drug-likeness (QED) is 0.863. The Bertz CT molecular complexity index is 396. The number of anilines is 1. The van der Waals surface area contributed by atoms with E-state index in [1.807, 2.05) is 6.92 Å². The Morgan fingerprint density at radius 2 is 2.24 bits per heavy atom. The molecule has 0 aromatic carbocycles. The lowest BCUT2D eigenvalue weighted by atomic mass is 10.2. The maximum absolute atomic E-state index is 12.7. The molecule has 0 amide bonds. The van der Waals surface area contributed by atoms with Gasteiger partial charge in [-0.2, -0.15) is 0 Å². The zero-order chi connectivity index (χ0) is 12.4. The molecule has 1 heterocycles. The minimum absolute atomic E-state index is 0.0743. The van der Waals surface area contributed by atoms with Crippen molar-refractivity contribution in [2.75, 3.05) is 12.3 Å². The van der Waals surface area contributed by atoms with E-state index in [0.717, 1.165) is 12.8 Å². The molecule has 1 unspecified atom stereocenters. The zero-order valence-corrected chi connectivity index (χ0v) is 9.57. The molecule has 17 heavy (non-hydrogen) atoms. The monoisotopic (exact) mass is 243 g/mol. The van der Waals surface area contributed by atoms with Crippen LogP contribution in [0.15, 0.2) is 6.20 Å². The lowest BCUT2D eigenvalue weighted by Gasteiger charge is -2.16. The summed E-state index contributed by atoms with van der Waals surface area (Å²) >= 11 is 0. The third kappa shape index (κ3) is 2.69. The first-order valence-corrected chi connectivity index (χ1v) is 5.65. The van der Waals surface area contributed by atoms with Gasteiger partial charge in [0, 0.05) is 6.61 Å². The average molecular weight is 243 g/mol. The topological polar surface area (TPSA) is 61.0 Å². The number of nitrogens with zero attached hydrogens (tertiary/aromatic N) is 2. The summed E-state index contributed by atoms with van der Waals surface area (Å²) in [5.41, 5.74) is 4.93. The molecular formula is C11H15F2N3O. The van der Waals surface area contributed by atoms with Crippen LogP contribution in [0.1, 0.15) is 43.8 Å². The molecule has 0 radical (unpaired) electrons. The van der Waals surface area contributed by atoms with Crippen LogP contribution in [-0.2, 0) is 4.74 Å². The van der Waals surface area contributed by atoms with Gasteiger partial charge in [0.25, 0.3) is 6.43 Å². The van der Waals surface area contributed by atoms with E-state index in [1.54, 1.807) is 0 Å². The van der Waals surface area contributed by atoms with Crippen molar-refractivity contribution in [3.63, 3.8) is 0 Å². The number of aromatic nitrogens is 2. The minimum atomic E-state index is -2.68. The van der Waals surface area contributed by atoms with Crippen LogP contribution in [-0.4, -0.2) is 16.6 Å². The van der Waals surface area contributed by atoms with Crippen LogP contribution in [0, 0.1) is 5.92 Å². The summed E-state index contributed by atoms with van der Waals surface area (Å²) in [6.45, 7) is 2.37. The van der Waals surface area contributed by atoms with Crippen molar-refractivity contribution >= 4 is 5.69 Å². The van der Waals surface area contributed by atoms with Crippen LogP contribution in [0.25, 0.3) is 0 Å². The number of hydrogen-bond acceptors (Lipinski definition) is 4. The third-order valence-electron chi connectivity index (χ3n) is 2.72. The van der Waals surface area contributed by atoms with Crippen LogP contribution in [0.5, 0.6) is 0 Å². The van der Waals surface area contributed by atoms with Gasteiger partial charge in [-0.3, -0.25) is 0 Å².